The Morgan fingerprint density at radius 2 is 1.96 bits per heavy atom. The topological polar surface area (TPSA) is 40.0 Å². The minimum absolute atomic E-state index is 0.397. The van der Waals surface area contributed by atoms with Crippen molar-refractivity contribution in [3.8, 4) is 0 Å². The summed E-state index contributed by atoms with van der Waals surface area (Å²) >= 11 is 3.54. The standard InChI is InChI=1S/C22H22N4S2/c1-2-6-16(7-3-1)10-11-18-13-26-19(15-28-22(26)24-18)14-27-21-23-12-17-8-4-5-9-20(17)25-21/h1-9,15,18H,10-14H2,(H,23,25). The lowest BCUT2D eigenvalue weighted by molar-refractivity contribution is 0.496. The Bertz CT molecular complexity index is 952. The fourth-order valence-electron chi connectivity index (χ4n) is 3.64. The monoisotopic (exact) mass is 406 g/mol. The molecular weight excluding hydrogens is 384 g/mol. The van der Waals surface area contributed by atoms with Gasteiger partial charge in [0.05, 0.1) is 12.6 Å². The molecule has 1 N–H and O–H groups in total. The number of rotatable bonds is 5. The van der Waals surface area contributed by atoms with Gasteiger partial charge in [-0.3, -0.25) is 9.98 Å². The maximum absolute atomic E-state index is 4.94. The minimum atomic E-state index is 0.397. The highest BCUT2D eigenvalue weighted by Crippen LogP contribution is 2.34. The van der Waals surface area contributed by atoms with Crippen LogP contribution in [0.5, 0.6) is 0 Å². The van der Waals surface area contributed by atoms with E-state index in [1.807, 2.05) is 0 Å². The van der Waals surface area contributed by atoms with E-state index in [-0.39, 0.29) is 0 Å². The largest absolute Gasteiger partial charge is 0.335 e. The number of para-hydroxylation sites is 1. The first kappa shape index (κ1) is 17.9. The zero-order valence-corrected chi connectivity index (χ0v) is 17.2. The van der Waals surface area contributed by atoms with Gasteiger partial charge in [0.25, 0.3) is 0 Å². The van der Waals surface area contributed by atoms with E-state index in [4.69, 9.17) is 4.99 Å². The molecule has 3 aliphatic heterocycles. The van der Waals surface area contributed by atoms with Gasteiger partial charge in [-0.05, 0) is 35.4 Å². The fraction of sp³-hybridized carbons (Fsp3) is 0.273. The molecule has 142 valence electrons. The number of anilines is 1. The molecule has 28 heavy (non-hydrogen) atoms. The number of aliphatic imine (C=N–C) groups is 2. The molecule has 0 saturated heterocycles. The van der Waals surface area contributed by atoms with Crippen LogP contribution >= 0.6 is 23.5 Å². The summed E-state index contributed by atoms with van der Waals surface area (Å²) in [6.45, 7) is 1.77. The Kier molecular flexibility index (Phi) is 5.14. The van der Waals surface area contributed by atoms with Crippen LogP contribution in [-0.4, -0.2) is 33.6 Å². The van der Waals surface area contributed by atoms with E-state index in [1.165, 1.54) is 22.5 Å². The molecule has 0 aliphatic carbocycles. The van der Waals surface area contributed by atoms with Crippen molar-refractivity contribution >= 4 is 39.5 Å². The third-order valence-corrected chi connectivity index (χ3v) is 7.05. The summed E-state index contributed by atoms with van der Waals surface area (Å²) in [4.78, 5) is 12.0. The predicted molar refractivity (Wildman–Crippen MR) is 122 cm³/mol. The number of amidine groups is 2. The predicted octanol–water partition coefficient (Wildman–Crippen LogP) is 4.96. The number of aryl methyl sites for hydroxylation is 1. The van der Waals surface area contributed by atoms with Crippen molar-refractivity contribution in [1.29, 1.82) is 0 Å². The van der Waals surface area contributed by atoms with Crippen molar-refractivity contribution in [3.05, 3.63) is 76.8 Å². The van der Waals surface area contributed by atoms with Crippen LogP contribution in [0.1, 0.15) is 17.5 Å². The van der Waals surface area contributed by atoms with Crippen molar-refractivity contribution in [2.45, 2.75) is 25.4 Å². The summed E-state index contributed by atoms with van der Waals surface area (Å²) in [6, 6.07) is 19.5. The summed E-state index contributed by atoms with van der Waals surface area (Å²) in [5.41, 5.74) is 5.19. The molecule has 2 aromatic rings. The molecule has 0 saturated carbocycles. The average molecular weight is 407 g/mol. The van der Waals surface area contributed by atoms with Crippen LogP contribution in [0.15, 0.2) is 75.7 Å². The molecule has 0 amide bonds. The summed E-state index contributed by atoms with van der Waals surface area (Å²) in [5, 5.41) is 7.88. The van der Waals surface area contributed by atoms with Gasteiger partial charge >= 0.3 is 0 Å². The molecule has 3 heterocycles. The second kappa shape index (κ2) is 8.05. The van der Waals surface area contributed by atoms with E-state index in [0.717, 1.165) is 42.0 Å². The van der Waals surface area contributed by atoms with Gasteiger partial charge in [0.2, 0.25) is 0 Å². The van der Waals surface area contributed by atoms with E-state index in [0.29, 0.717) is 6.04 Å². The first-order valence-corrected chi connectivity index (χ1v) is 11.5. The van der Waals surface area contributed by atoms with E-state index in [1.54, 1.807) is 23.5 Å². The van der Waals surface area contributed by atoms with Crippen molar-refractivity contribution in [2.75, 3.05) is 17.6 Å². The lowest BCUT2D eigenvalue weighted by Crippen LogP contribution is -2.26. The summed E-state index contributed by atoms with van der Waals surface area (Å²) < 4.78 is 0. The van der Waals surface area contributed by atoms with E-state index in [9.17, 15) is 0 Å². The van der Waals surface area contributed by atoms with Crippen LogP contribution in [0.3, 0.4) is 0 Å². The van der Waals surface area contributed by atoms with Crippen molar-refractivity contribution in [1.82, 2.24) is 4.90 Å². The molecule has 1 atom stereocenters. The molecule has 2 aromatic carbocycles. The van der Waals surface area contributed by atoms with Crippen LogP contribution in [0.4, 0.5) is 5.69 Å². The number of fused-ring (bicyclic) bond motifs is 2. The first-order chi connectivity index (χ1) is 13.8. The number of thioether (sulfide) groups is 2. The lowest BCUT2D eigenvalue weighted by Gasteiger charge is -2.20. The highest BCUT2D eigenvalue weighted by molar-refractivity contribution is 8.17. The number of hydrogen-bond acceptors (Lipinski definition) is 6. The van der Waals surface area contributed by atoms with Crippen LogP contribution in [0.2, 0.25) is 0 Å². The maximum atomic E-state index is 4.94. The molecule has 3 aliphatic rings. The summed E-state index contributed by atoms with van der Waals surface area (Å²) in [6.07, 6.45) is 2.20. The second-order valence-electron chi connectivity index (χ2n) is 7.12. The Morgan fingerprint density at radius 3 is 2.89 bits per heavy atom. The van der Waals surface area contributed by atoms with E-state index in [2.05, 4.69) is 75.2 Å². The third-order valence-electron chi connectivity index (χ3n) is 5.18. The smallest absolute Gasteiger partial charge is 0.168 e. The highest BCUT2D eigenvalue weighted by Gasteiger charge is 2.31. The molecule has 5 rings (SSSR count). The molecule has 0 bridgehead atoms. The number of nitrogens with zero attached hydrogens (tertiary/aromatic N) is 3. The Hall–Kier alpha value is -2.18. The molecule has 0 aromatic heterocycles. The van der Waals surface area contributed by atoms with Crippen LogP contribution in [0.25, 0.3) is 0 Å². The van der Waals surface area contributed by atoms with Gasteiger partial charge in [-0.25, -0.2) is 0 Å². The average Bonchev–Trinajstić information content (AvgIpc) is 3.32. The minimum Gasteiger partial charge on any atom is -0.335 e. The van der Waals surface area contributed by atoms with Gasteiger partial charge in [-0.15, -0.1) is 0 Å². The van der Waals surface area contributed by atoms with Gasteiger partial charge in [0.15, 0.2) is 10.3 Å². The Morgan fingerprint density at radius 1 is 1.11 bits per heavy atom. The van der Waals surface area contributed by atoms with Gasteiger partial charge in [0, 0.05) is 23.7 Å². The molecule has 4 nitrogen and oxygen atoms in total. The number of hydrogen-bond donors (Lipinski definition) is 1. The lowest BCUT2D eigenvalue weighted by atomic mass is 10.1. The van der Waals surface area contributed by atoms with Crippen LogP contribution in [0, 0.1) is 0 Å². The van der Waals surface area contributed by atoms with Gasteiger partial charge in [-0.1, -0.05) is 72.1 Å². The number of nitrogens with one attached hydrogen (secondary N) is 1. The SMILES string of the molecule is C1=C(CSC2=NCc3ccccc3N2)N2CC(CCc3ccccc3)N=C2S1. The van der Waals surface area contributed by atoms with Gasteiger partial charge in [0.1, 0.15) is 0 Å². The molecule has 0 spiro atoms. The Balaban J connectivity index is 1.14. The maximum Gasteiger partial charge on any atom is 0.168 e. The Labute approximate surface area is 174 Å². The van der Waals surface area contributed by atoms with Crippen LogP contribution < -0.4 is 5.32 Å². The normalized spacial score (nSPS) is 20.1. The van der Waals surface area contributed by atoms with Gasteiger partial charge < -0.3 is 10.2 Å². The van der Waals surface area contributed by atoms with Crippen LogP contribution in [-0.2, 0) is 13.0 Å². The first-order valence-electron chi connectivity index (χ1n) is 9.62. The van der Waals surface area contributed by atoms with Crippen molar-refractivity contribution in [3.63, 3.8) is 0 Å². The second-order valence-corrected chi connectivity index (χ2v) is 8.92. The van der Waals surface area contributed by atoms with Crippen molar-refractivity contribution in [2.24, 2.45) is 9.98 Å². The number of benzene rings is 2. The molecule has 6 heteroatoms. The van der Waals surface area contributed by atoms with Gasteiger partial charge in [-0.2, -0.15) is 0 Å². The van der Waals surface area contributed by atoms with E-state index >= 15 is 0 Å². The molecule has 1 unspecified atom stereocenters. The van der Waals surface area contributed by atoms with Crippen molar-refractivity contribution < 1.29 is 0 Å². The quantitative estimate of drug-likeness (QED) is 0.762. The molecular formula is C22H22N4S2. The third kappa shape index (κ3) is 3.84. The van der Waals surface area contributed by atoms with E-state index < -0.39 is 0 Å². The molecule has 0 fully saturated rings. The zero-order valence-electron chi connectivity index (χ0n) is 15.5. The highest BCUT2D eigenvalue weighted by atomic mass is 32.2. The zero-order chi connectivity index (χ0) is 18.8. The summed E-state index contributed by atoms with van der Waals surface area (Å²) in [5.74, 6) is 0.922. The molecule has 0 radical (unpaired) electrons. The summed E-state index contributed by atoms with van der Waals surface area (Å²) in [7, 11) is 0. The fourth-order valence-corrected chi connectivity index (χ4v) is 5.58.